The molecule has 2 aromatic rings. The monoisotopic (exact) mass is 611 g/mol. The third-order valence-electron chi connectivity index (χ3n) is 5.78. The Labute approximate surface area is 244 Å². The molecule has 0 spiro atoms. The number of carbonyl (C=O) groups excluding carboxylic acids is 3. The third kappa shape index (κ3) is 7.68. The lowest BCUT2D eigenvalue weighted by atomic mass is 10.1. The van der Waals surface area contributed by atoms with Gasteiger partial charge in [-0.1, -0.05) is 35.9 Å². The first-order chi connectivity index (χ1) is 18.6. The molecule has 0 aromatic heterocycles. The molecule has 0 radical (unpaired) electrons. The maximum atomic E-state index is 14.1. The second-order valence-corrected chi connectivity index (χ2v) is 13.7. The summed E-state index contributed by atoms with van der Waals surface area (Å²) in [5.41, 5.74) is 0.0772. The lowest BCUT2D eigenvalue weighted by Gasteiger charge is -2.32. The number of esters is 1. The van der Waals surface area contributed by atoms with E-state index in [0.717, 1.165) is 0 Å². The van der Waals surface area contributed by atoms with E-state index in [-0.39, 0.29) is 22.1 Å². The second-order valence-electron chi connectivity index (χ2n) is 10.4. The van der Waals surface area contributed by atoms with Gasteiger partial charge in [-0.2, -0.15) is 0 Å². The molecule has 0 unspecified atom stereocenters. The first-order valence-corrected chi connectivity index (χ1v) is 15.4. The number of benzene rings is 2. The Morgan fingerprint density at radius 3 is 2.25 bits per heavy atom. The lowest BCUT2D eigenvalue weighted by molar-refractivity contribution is -0.155. The van der Waals surface area contributed by atoms with Crippen molar-refractivity contribution in [2.75, 3.05) is 19.8 Å². The van der Waals surface area contributed by atoms with E-state index in [0.29, 0.717) is 15.6 Å². The zero-order valence-corrected chi connectivity index (χ0v) is 25.6. The lowest BCUT2D eigenvalue weighted by Crippen LogP contribution is -2.56. The highest BCUT2D eigenvalue weighted by Gasteiger charge is 2.47. The van der Waals surface area contributed by atoms with Crippen molar-refractivity contribution >= 4 is 51.4 Å². The first kappa shape index (κ1) is 31.7. The number of hydrogen-bond donors (Lipinski definition) is 1. The van der Waals surface area contributed by atoms with Crippen LogP contribution in [0.15, 0.2) is 53.4 Å². The summed E-state index contributed by atoms with van der Waals surface area (Å²) < 4.78 is 39.5. The molecule has 1 aliphatic rings. The van der Waals surface area contributed by atoms with Gasteiger partial charge in [0.15, 0.2) is 0 Å². The molecular weight excluding hydrogens is 578 g/mol. The Morgan fingerprint density at radius 1 is 1.10 bits per heavy atom. The Bertz CT molecular complexity index is 1350. The summed E-state index contributed by atoms with van der Waals surface area (Å²) >= 11 is 7.53. The highest BCUT2D eigenvalue weighted by atomic mass is 35.5. The van der Waals surface area contributed by atoms with Gasteiger partial charge in [-0.15, -0.1) is 11.8 Å². The van der Waals surface area contributed by atoms with Crippen LogP contribution in [0.2, 0.25) is 5.02 Å². The number of nitrogens with zero attached hydrogens (tertiary/aromatic N) is 2. The van der Waals surface area contributed by atoms with Gasteiger partial charge < -0.3 is 14.4 Å². The van der Waals surface area contributed by atoms with Gasteiger partial charge in [0.05, 0.1) is 11.1 Å². The number of hydrogen-bond acceptors (Lipinski definition) is 9. The SMILES string of the molecule is CC(C)OC(=O)[C@H](Cc1ccc(OC(=O)N(C)C)cc1)N(C(=O)[C@H]1NC(C)(C)CS1)S(=O)(=O)c1ccccc1Cl. The maximum Gasteiger partial charge on any atom is 0.414 e. The number of ether oxygens (including phenoxy) is 2. The molecule has 0 bridgehead atoms. The van der Waals surface area contributed by atoms with Gasteiger partial charge in [-0.25, -0.2) is 22.3 Å². The molecule has 2 aromatic carbocycles. The number of amides is 2. The first-order valence-electron chi connectivity index (χ1n) is 12.5. The van der Waals surface area contributed by atoms with Crippen LogP contribution in [0.25, 0.3) is 0 Å². The zero-order chi connectivity index (χ0) is 29.8. The van der Waals surface area contributed by atoms with Gasteiger partial charge in [0.2, 0.25) is 0 Å². The molecule has 1 fully saturated rings. The maximum absolute atomic E-state index is 14.1. The summed E-state index contributed by atoms with van der Waals surface area (Å²) in [7, 11) is -1.52. The topological polar surface area (TPSA) is 122 Å². The normalized spacial score (nSPS) is 17.2. The summed E-state index contributed by atoms with van der Waals surface area (Å²) in [4.78, 5) is 40.3. The minimum absolute atomic E-state index is 0.0873. The van der Waals surface area contributed by atoms with Crippen molar-refractivity contribution in [3.05, 3.63) is 59.1 Å². The van der Waals surface area contributed by atoms with Gasteiger partial charge in [0.25, 0.3) is 15.9 Å². The molecule has 1 heterocycles. The average Bonchev–Trinajstić information content (AvgIpc) is 3.23. The van der Waals surface area contributed by atoms with Crippen molar-refractivity contribution in [1.82, 2.24) is 14.5 Å². The highest BCUT2D eigenvalue weighted by molar-refractivity contribution is 8.01. The van der Waals surface area contributed by atoms with E-state index < -0.39 is 51.1 Å². The van der Waals surface area contributed by atoms with Gasteiger partial charge in [-0.3, -0.25) is 10.1 Å². The molecule has 1 aliphatic heterocycles. The Balaban J connectivity index is 2.08. The summed E-state index contributed by atoms with van der Waals surface area (Å²) in [6.45, 7) is 7.06. The van der Waals surface area contributed by atoms with Crippen molar-refractivity contribution in [3.8, 4) is 5.75 Å². The van der Waals surface area contributed by atoms with Crippen LogP contribution in [0.1, 0.15) is 33.3 Å². The van der Waals surface area contributed by atoms with Gasteiger partial charge in [0.1, 0.15) is 22.1 Å². The molecule has 3 rings (SSSR count). The zero-order valence-electron chi connectivity index (χ0n) is 23.2. The predicted molar refractivity (Wildman–Crippen MR) is 154 cm³/mol. The Kier molecular flexibility index (Phi) is 10.2. The molecule has 1 N–H and O–H groups in total. The van der Waals surface area contributed by atoms with E-state index in [1.165, 1.54) is 47.0 Å². The minimum atomic E-state index is -4.62. The molecule has 0 aliphatic carbocycles. The summed E-state index contributed by atoms with van der Waals surface area (Å²) in [6.07, 6.45) is -1.33. The molecule has 10 nitrogen and oxygen atoms in total. The van der Waals surface area contributed by atoms with Crippen LogP contribution in [0.5, 0.6) is 5.75 Å². The molecule has 13 heteroatoms. The van der Waals surface area contributed by atoms with Crippen LogP contribution >= 0.6 is 23.4 Å². The fourth-order valence-electron chi connectivity index (χ4n) is 3.86. The van der Waals surface area contributed by atoms with Crippen molar-refractivity contribution in [3.63, 3.8) is 0 Å². The molecular formula is C27H34ClN3O7S2. The van der Waals surface area contributed by atoms with Crippen LogP contribution in [-0.2, 0) is 30.8 Å². The van der Waals surface area contributed by atoms with Crippen LogP contribution in [0.4, 0.5) is 4.79 Å². The number of rotatable bonds is 9. The fraction of sp³-hybridized carbons (Fsp3) is 0.444. The number of carbonyl (C=O) groups is 3. The molecule has 1 saturated heterocycles. The van der Waals surface area contributed by atoms with Crippen molar-refractivity contribution < 1.29 is 32.3 Å². The Morgan fingerprint density at radius 2 is 1.73 bits per heavy atom. The summed E-state index contributed by atoms with van der Waals surface area (Å²) in [5.74, 6) is -0.881. The van der Waals surface area contributed by atoms with Crippen LogP contribution in [0.3, 0.4) is 0 Å². The predicted octanol–water partition coefficient (Wildman–Crippen LogP) is 3.92. The van der Waals surface area contributed by atoms with Gasteiger partial charge in [-0.05, 0) is 57.5 Å². The van der Waals surface area contributed by atoms with E-state index in [1.807, 2.05) is 13.8 Å². The number of nitrogens with one attached hydrogen (secondary N) is 1. The third-order valence-corrected chi connectivity index (χ3v) is 9.62. The number of sulfonamides is 1. The van der Waals surface area contributed by atoms with E-state index in [4.69, 9.17) is 21.1 Å². The van der Waals surface area contributed by atoms with Crippen LogP contribution < -0.4 is 10.1 Å². The van der Waals surface area contributed by atoms with Gasteiger partial charge in [0, 0.05) is 31.8 Å². The largest absolute Gasteiger partial charge is 0.461 e. The number of halogens is 1. The molecule has 218 valence electrons. The van der Waals surface area contributed by atoms with E-state index in [2.05, 4.69) is 5.32 Å². The van der Waals surface area contributed by atoms with Crippen molar-refractivity contribution in [2.24, 2.45) is 0 Å². The smallest absolute Gasteiger partial charge is 0.414 e. The van der Waals surface area contributed by atoms with E-state index in [1.54, 1.807) is 46.1 Å². The second kappa shape index (κ2) is 12.8. The summed E-state index contributed by atoms with van der Waals surface area (Å²) in [5, 5.41) is 2.14. The standard InChI is InChI=1S/C27H34ClN3O7S2/c1-17(2)37-25(33)21(15-18-11-13-19(14-12-18)38-26(34)30(5)6)31(24(32)23-29-27(3,4)16-39-23)40(35,36)22-10-8-7-9-20(22)28/h7-14,17,21,23,29H,15-16H2,1-6H3/t21-,23-/m0/s1. The average molecular weight is 612 g/mol. The molecule has 2 amide bonds. The van der Waals surface area contributed by atoms with Crippen LogP contribution in [-0.4, -0.2) is 78.5 Å². The summed E-state index contributed by atoms with van der Waals surface area (Å²) in [6, 6.07) is 10.4. The molecule has 2 atom stereocenters. The quantitative estimate of drug-likeness (QED) is 0.420. The molecule has 0 saturated carbocycles. The van der Waals surface area contributed by atoms with Crippen molar-refractivity contribution in [1.29, 1.82) is 0 Å². The van der Waals surface area contributed by atoms with Gasteiger partial charge >= 0.3 is 12.1 Å². The molecule has 40 heavy (non-hydrogen) atoms. The van der Waals surface area contributed by atoms with E-state index in [9.17, 15) is 22.8 Å². The highest BCUT2D eigenvalue weighted by Crippen LogP contribution is 2.33. The Hall–Kier alpha value is -2.80. The minimum Gasteiger partial charge on any atom is -0.461 e. The van der Waals surface area contributed by atoms with Crippen LogP contribution in [0, 0.1) is 0 Å². The van der Waals surface area contributed by atoms with Crippen molar-refractivity contribution in [2.45, 2.75) is 62.1 Å². The number of thioether (sulfide) groups is 1. The fourth-order valence-corrected chi connectivity index (χ4v) is 7.29. The van der Waals surface area contributed by atoms with E-state index >= 15 is 0 Å².